The fraction of sp³-hybridized carbons (Fsp3) is 0.267. The van der Waals surface area contributed by atoms with Crippen molar-refractivity contribution in [3.63, 3.8) is 0 Å². The largest absolute Gasteiger partial charge is 0.495 e. The maximum absolute atomic E-state index is 13.5. The fourth-order valence-corrected chi connectivity index (χ4v) is 6.28. The zero-order valence-corrected chi connectivity index (χ0v) is 25.2. The molecule has 14 heteroatoms. The average Bonchev–Trinajstić information content (AvgIpc) is 3.65. The molecule has 13 nitrogen and oxygen atoms in total. The molecule has 3 N–H and O–H groups in total. The molecule has 0 spiro atoms. The van der Waals surface area contributed by atoms with Gasteiger partial charge in [-0.25, -0.2) is 33.1 Å². The monoisotopic (exact) mass is 613 g/mol. The molecule has 5 aromatic rings. The molecule has 1 saturated carbocycles. The molecule has 0 atom stereocenters. The van der Waals surface area contributed by atoms with E-state index in [0.29, 0.717) is 40.0 Å². The van der Waals surface area contributed by atoms with Crippen molar-refractivity contribution in [3.8, 4) is 5.75 Å². The van der Waals surface area contributed by atoms with Crippen LogP contribution >= 0.6 is 0 Å². The standard InChI is InChI=1S/C30H31N9O4S/c1-18-14-19(2)34-30(33-18)38-44(41,42)22-12-13-26(31-17-22)36-29-32-16-20-15-24(39(27(20)37-29)21-8-4-5-9-21)28(40)35-23-10-6-7-11-25(23)43-3/h6-7,10-17,21H,4-5,8-9H2,1-3H3,(H,35,40)(H,33,34,38)(H,31,32,36,37). The molecule has 0 unspecified atom stereocenters. The summed E-state index contributed by atoms with van der Waals surface area (Å²) in [5.41, 5.74) is 2.97. The molecular formula is C30H31N9O4S. The van der Waals surface area contributed by atoms with Gasteiger partial charge in [-0.05, 0) is 63.1 Å². The predicted molar refractivity (Wildman–Crippen MR) is 166 cm³/mol. The summed E-state index contributed by atoms with van der Waals surface area (Å²) in [7, 11) is -2.40. The molecule has 1 aliphatic rings. The third-order valence-electron chi connectivity index (χ3n) is 7.35. The van der Waals surface area contributed by atoms with Crippen molar-refractivity contribution in [1.29, 1.82) is 0 Å². The maximum Gasteiger partial charge on any atom is 0.272 e. The average molecular weight is 614 g/mol. The molecule has 0 bridgehead atoms. The number of pyridine rings is 1. The number of carbonyl (C=O) groups is 1. The number of hydrogen-bond donors (Lipinski definition) is 3. The Morgan fingerprint density at radius 1 is 0.932 bits per heavy atom. The summed E-state index contributed by atoms with van der Waals surface area (Å²) >= 11 is 0. The van der Waals surface area contributed by atoms with Gasteiger partial charge in [0.25, 0.3) is 15.9 Å². The van der Waals surface area contributed by atoms with Crippen LogP contribution in [0.25, 0.3) is 11.0 Å². The SMILES string of the molecule is COc1ccccc1NC(=O)c1cc2cnc(Nc3ccc(S(=O)(=O)Nc4nc(C)cc(C)n4)cn3)nc2n1C1CCCC1. The van der Waals surface area contributed by atoms with Gasteiger partial charge in [-0.15, -0.1) is 0 Å². The molecule has 0 saturated heterocycles. The topological polar surface area (TPSA) is 166 Å². The van der Waals surface area contributed by atoms with E-state index in [2.05, 4.69) is 35.3 Å². The van der Waals surface area contributed by atoms with Crippen molar-refractivity contribution in [2.45, 2.75) is 50.5 Å². The third-order valence-corrected chi connectivity index (χ3v) is 8.66. The van der Waals surface area contributed by atoms with Crippen LogP contribution in [0.15, 0.2) is 65.8 Å². The smallest absolute Gasteiger partial charge is 0.272 e. The number of benzene rings is 1. The van der Waals surface area contributed by atoms with Crippen molar-refractivity contribution < 1.29 is 17.9 Å². The van der Waals surface area contributed by atoms with E-state index in [9.17, 15) is 13.2 Å². The number of para-hydroxylation sites is 2. The Morgan fingerprint density at radius 3 is 2.39 bits per heavy atom. The first-order valence-corrected chi connectivity index (χ1v) is 15.6. The van der Waals surface area contributed by atoms with Crippen molar-refractivity contribution in [2.75, 3.05) is 22.5 Å². The summed E-state index contributed by atoms with van der Waals surface area (Å²) in [6, 6.07) is 13.9. The Hall–Kier alpha value is -5.11. The molecule has 1 amide bonds. The van der Waals surface area contributed by atoms with Gasteiger partial charge in [-0.1, -0.05) is 25.0 Å². The number of hydrogen-bond acceptors (Lipinski definition) is 10. The first-order valence-electron chi connectivity index (χ1n) is 14.1. The van der Waals surface area contributed by atoms with Gasteiger partial charge in [0.2, 0.25) is 11.9 Å². The normalized spacial score (nSPS) is 13.6. The lowest BCUT2D eigenvalue weighted by atomic mass is 10.2. The summed E-state index contributed by atoms with van der Waals surface area (Å²) < 4.78 is 35.6. The van der Waals surface area contributed by atoms with Crippen LogP contribution in [0.3, 0.4) is 0 Å². The number of fused-ring (bicyclic) bond motifs is 1. The highest BCUT2D eigenvalue weighted by molar-refractivity contribution is 7.92. The second-order valence-corrected chi connectivity index (χ2v) is 12.2. The van der Waals surface area contributed by atoms with Crippen molar-refractivity contribution >= 4 is 50.4 Å². The molecule has 1 fully saturated rings. The van der Waals surface area contributed by atoms with Gasteiger partial charge in [0, 0.05) is 35.2 Å². The molecule has 226 valence electrons. The van der Waals surface area contributed by atoms with E-state index in [0.717, 1.165) is 31.1 Å². The van der Waals surface area contributed by atoms with Crippen LogP contribution in [-0.4, -0.2) is 50.9 Å². The van der Waals surface area contributed by atoms with E-state index in [1.54, 1.807) is 51.4 Å². The van der Waals surface area contributed by atoms with Crippen LogP contribution in [0.4, 0.5) is 23.4 Å². The molecule has 0 aliphatic heterocycles. The summed E-state index contributed by atoms with van der Waals surface area (Å²) in [4.78, 5) is 35.2. The lowest BCUT2D eigenvalue weighted by Crippen LogP contribution is -2.19. The zero-order chi connectivity index (χ0) is 30.8. The maximum atomic E-state index is 13.5. The van der Waals surface area contributed by atoms with Crippen LogP contribution < -0.4 is 20.1 Å². The van der Waals surface area contributed by atoms with Gasteiger partial charge in [-0.3, -0.25) is 4.79 Å². The van der Waals surface area contributed by atoms with E-state index < -0.39 is 10.0 Å². The third kappa shape index (κ3) is 6.01. The van der Waals surface area contributed by atoms with Gasteiger partial charge in [0.1, 0.15) is 27.8 Å². The predicted octanol–water partition coefficient (Wildman–Crippen LogP) is 5.15. The van der Waals surface area contributed by atoms with Crippen LogP contribution in [0.2, 0.25) is 0 Å². The van der Waals surface area contributed by atoms with Crippen LogP contribution in [0, 0.1) is 13.8 Å². The number of nitrogens with one attached hydrogen (secondary N) is 3. The molecule has 6 rings (SSSR count). The molecule has 44 heavy (non-hydrogen) atoms. The number of anilines is 4. The summed E-state index contributed by atoms with van der Waals surface area (Å²) in [6.07, 6.45) is 6.89. The highest BCUT2D eigenvalue weighted by Gasteiger charge is 2.26. The quantitative estimate of drug-likeness (QED) is 0.202. The minimum Gasteiger partial charge on any atom is -0.495 e. The van der Waals surface area contributed by atoms with Gasteiger partial charge in [-0.2, -0.15) is 4.98 Å². The van der Waals surface area contributed by atoms with E-state index in [4.69, 9.17) is 9.72 Å². The summed E-state index contributed by atoms with van der Waals surface area (Å²) in [5, 5.41) is 6.75. The van der Waals surface area contributed by atoms with E-state index >= 15 is 0 Å². The Balaban J connectivity index is 1.26. The van der Waals surface area contributed by atoms with E-state index in [1.165, 1.54) is 18.3 Å². The Bertz CT molecular complexity index is 1930. The van der Waals surface area contributed by atoms with Crippen molar-refractivity contribution in [2.24, 2.45) is 0 Å². The number of aryl methyl sites for hydroxylation is 2. The number of sulfonamides is 1. The molecule has 4 heterocycles. The minimum absolute atomic E-state index is 0.00683. The molecule has 0 radical (unpaired) electrons. The van der Waals surface area contributed by atoms with Gasteiger partial charge in [0.15, 0.2) is 0 Å². The highest BCUT2D eigenvalue weighted by Crippen LogP contribution is 2.35. The lowest BCUT2D eigenvalue weighted by Gasteiger charge is -2.17. The van der Waals surface area contributed by atoms with Crippen molar-refractivity contribution in [1.82, 2.24) is 29.5 Å². The van der Waals surface area contributed by atoms with Crippen LogP contribution in [0.1, 0.15) is 53.6 Å². The molecular weight excluding hydrogens is 582 g/mol. The van der Waals surface area contributed by atoms with Gasteiger partial charge in [0.05, 0.1) is 12.8 Å². The second-order valence-electron chi connectivity index (χ2n) is 10.5. The lowest BCUT2D eigenvalue weighted by molar-refractivity contribution is 0.101. The second kappa shape index (κ2) is 11.9. The number of amides is 1. The van der Waals surface area contributed by atoms with Crippen LogP contribution in [0.5, 0.6) is 5.75 Å². The number of methoxy groups -OCH3 is 1. The highest BCUT2D eigenvalue weighted by atomic mass is 32.2. The number of carbonyl (C=O) groups excluding carboxylic acids is 1. The Morgan fingerprint density at radius 2 is 1.68 bits per heavy atom. The first-order chi connectivity index (χ1) is 21.2. The van der Waals surface area contributed by atoms with Gasteiger partial charge >= 0.3 is 0 Å². The van der Waals surface area contributed by atoms with Crippen molar-refractivity contribution in [3.05, 3.63) is 78.0 Å². The Labute approximate surface area is 254 Å². The molecule has 1 aromatic carbocycles. The Kier molecular flexibility index (Phi) is 7.82. The van der Waals surface area contributed by atoms with E-state index in [-0.39, 0.29) is 28.7 Å². The number of aromatic nitrogens is 6. The van der Waals surface area contributed by atoms with Gasteiger partial charge < -0.3 is 19.9 Å². The minimum atomic E-state index is -3.96. The fourth-order valence-electron chi connectivity index (χ4n) is 5.39. The summed E-state index contributed by atoms with van der Waals surface area (Å²) in [6.45, 7) is 3.52. The van der Waals surface area contributed by atoms with E-state index in [1.807, 2.05) is 16.7 Å². The summed E-state index contributed by atoms with van der Waals surface area (Å²) in [5.74, 6) is 0.895. The molecule has 1 aliphatic carbocycles. The number of nitrogens with zero attached hydrogens (tertiary/aromatic N) is 6. The van der Waals surface area contributed by atoms with Crippen LogP contribution in [-0.2, 0) is 10.0 Å². The zero-order valence-electron chi connectivity index (χ0n) is 24.4. The number of ether oxygens (including phenoxy) is 1. The number of rotatable bonds is 9. The first kappa shape index (κ1) is 29.0. The molecule has 4 aromatic heterocycles.